The maximum absolute atomic E-state index is 12.8. The Morgan fingerprint density at radius 2 is 1.36 bits per heavy atom. The lowest BCUT2D eigenvalue weighted by molar-refractivity contribution is -0.159. The molecule has 2 aromatic carbocycles. The van der Waals surface area contributed by atoms with E-state index in [0.717, 1.165) is 42.1 Å². The van der Waals surface area contributed by atoms with E-state index in [2.05, 4.69) is 20.2 Å². The summed E-state index contributed by atoms with van der Waals surface area (Å²) in [6, 6.07) is 12.6. The van der Waals surface area contributed by atoms with Crippen LogP contribution in [-0.4, -0.2) is 103 Å². The number of benzene rings is 2. The minimum atomic E-state index is -4.43. The molecule has 3 aromatic rings. The molecule has 0 unspecified atom stereocenters. The third-order valence-electron chi connectivity index (χ3n) is 5.48. The second-order valence-electron chi connectivity index (χ2n) is 8.60. The van der Waals surface area contributed by atoms with Crippen molar-refractivity contribution in [1.29, 1.82) is 0 Å². The topological polar surface area (TPSA) is 213 Å². The number of imidazole rings is 1. The monoisotopic (exact) mass is 597 g/mol. The van der Waals surface area contributed by atoms with Gasteiger partial charge in [0.2, 0.25) is 5.91 Å². The molecule has 14 nitrogen and oxygen atoms in total. The number of nitrogens with one attached hydrogen (secondary N) is 2. The number of aliphatic carboxylic acids is 4. The van der Waals surface area contributed by atoms with Crippen LogP contribution in [0.5, 0.6) is 0 Å². The van der Waals surface area contributed by atoms with Gasteiger partial charge in [0.1, 0.15) is 5.82 Å². The molecule has 0 radical (unpaired) electrons. The number of hydrogen-bond acceptors (Lipinski definition) is 8. The molecule has 0 aliphatic carbocycles. The van der Waals surface area contributed by atoms with E-state index < -0.39 is 35.6 Å². The van der Waals surface area contributed by atoms with Gasteiger partial charge in [-0.1, -0.05) is 18.2 Å². The fourth-order valence-corrected chi connectivity index (χ4v) is 3.57. The van der Waals surface area contributed by atoms with Gasteiger partial charge >= 0.3 is 30.1 Å². The van der Waals surface area contributed by atoms with Gasteiger partial charge in [-0.05, 0) is 30.3 Å². The molecule has 1 fully saturated rings. The lowest BCUT2D eigenvalue weighted by Gasteiger charge is -2.33. The minimum absolute atomic E-state index is 0.148. The molecule has 1 amide bonds. The Kier molecular flexibility index (Phi) is 11.9. The molecule has 0 spiro atoms. The van der Waals surface area contributed by atoms with Crippen LogP contribution in [0.1, 0.15) is 11.4 Å². The number of H-pyrrole nitrogens is 1. The van der Waals surface area contributed by atoms with Crippen molar-refractivity contribution in [3.63, 3.8) is 0 Å². The smallest absolute Gasteiger partial charge is 0.416 e. The standard InChI is InChI=1S/C21H22F3N5O.2C2H2O4/c22-21(23,24)15-4-3-5-16(12-15)25-20(30)14-29-10-8-28(9-11-29)13-19-26-17-6-1-2-7-18(17)27-19;2*3-1(4)2(5)6/h1-7,12H,8-11,13-14H2,(H,25,30)(H,26,27);2*(H,3,4)(H,5,6). The normalized spacial score (nSPS) is 13.6. The zero-order chi connectivity index (χ0) is 31.4. The zero-order valence-corrected chi connectivity index (χ0v) is 21.7. The van der Waals surface area contributed by atoms with Crippen molar-refractivity contribution in [3.05, 3.63) is 59.9 Å². The molecule has 6 N–H and O–H groups in total. The van der Waals surface area contributed by atoms with Crippen LogP contribution in [-0.2, 0) is 36.7 Å². The molecule has 0 saturated carbocycles. The second-order valence-corrected chi connectivity index (χ2v) is 8.60. The minimum Gasteiger partial charge on any atom is -0.473 e. The largest absolute Gasteiger partial charge is 0.473 e. The molecule has 1 aliphatic rings. The molecule has 1 aromatic heterocycles. The van der Waals surface area contributed by atoms with Crippen LogP contribution in [0.25, 0.3) is 11.0 Å². The predicted octanol–water partition coefficient (Wildman–Crippen LogP) is 1.65. The fraction of sp³-hybridized carbons (Fsp3) is 0.280. The maximum Gasteiger partial charge on any atom is 0.416 e. The van der Waals surface area contributed by atoms with E-state index in [0.29, 0.717) is 19.6 Å². The highest BCUT2D eigenvalue weighted by atomic mass is 19.4. The number of alkyl halides is 3. The number of carboxylic acid groups (broad SMARTS) is 4. The summed E-state index contributed by atoms with van der Waals surface area (Å²) in [5.74, 6) is -6.71. The molecule has 42 heavy (non-hydrogen) atoms. The number of rotatable bonds is 5. The van der Waals surface area contributed by atoms with Gasteiger partial charge in [0.25, 0.3) is 0 Å². The van der Waals surface area contributed by atoms with Gasteiger partial charge in [0.15, 0.2) is 0 Å². The number of halogens is 3. The number of aromatic nitrogens is 2. The molecule has 1 saturated heterocycles. The van der Waals surface area contributed by atoms with Crippen LogP contribution < -0.4 is 5.32 Å². The predicted molar refractivity (Wildman–Crippen MR) is 138 cm³/mol. The van der Waals surface area contributed by atoms with Crippen molar-refractivity contribution in [1.82, 2.24) is 19.8 Å². The summed E-state index contributed by atoms with van der Waals surface area (Å²) >= 11 is 0. The van der Waals surface area contributed by atoms with Gasteiger partial charge in [0.05, 0.1) is 29.7 Å². The van der Waals surface area contributed by atoms with E-state index >= 15 is 0 Å². The van der Waals surface area contributed by atoms with E-state index in [1.54, 1.807) is 0 Å². The number of aromatic amines is 1. The molecule has 0 atom stereocenters. The molecular formula is C25H26F3N5O9. The molecule has 1 aliphatic heterocycles. The van der Waals surface area contributed by atoms with Crippen LogP contribution in [0.4, 0.5) is 18.9 Å². The SMILES string of the molecule is O=C(CN1CCN(Cc2nc3ccccc3[nH]2)CC1)Nc1cccc(C(F)(F)F)c1.O=C(O)C(=O)O.O=C(O)C(=O)O. The summed E-state index contributed by atoms with van der Waals surface area (Å²) in [4.78, 5) is 60.8. The quantitative estimate of drug-likeness (QED) is 0.232. The third kappa shape index (κ3) is 11.2. The number of para-hydroxylation sites is 2. The number of amides is 1. The lowest BCUT2D eigenvalue weighted by atomic mass is 10.2. The number of fused-ring (bicyclic) bond motifs is 1. The third-order valence-corrected chi connectivity index (χ3v) is 5.48. The van der Waals surface area contributed by atoms with Crippen LogP contribution in [0.3, 0.4) is 0 Å². The van der Waals surface area contributed by atoms with Crippen molar-refractivity contribution in [2.75, 3.05) is 38.0 Å². The summed E-state index contributed by atoms with van der Waals surface area (Å²) in [7, 11) is 0. The Morgan fingerprint density at radius 1 is 0.810 bits per heavy atom. The van der Waals surface area contributed by atoms with E-state index in [4.69, 9.17) is 39.6 Å². The van der Waals surface area contributed by atoms with E-state index in [-0.39, 0.29) is 18.1 Å². The van der Waals surface area contributed by atoms with Gasteiger partial charge < -0.3 is 30.7 Å². The van der Waals surface area contributed by atoms with Crippen LogP contribution in [0.15, 0.2) is 48.5 Å². The highest BCUT2D eigenvalue weighted by Gasteiger charge is 2.30. The Hall–Kier alpha value is -5.03. The number of carboxylic acids is 4. The van der Waals surface area contributed by atoms with E-state index in [1.165, 1.54) is 12.1 Å². The number of nitrogens with zero attached hydrogens (tertiary/aromatic N) is 3. The first kappa shape index (κ1) is 33.2. The van der Waals surface area contributed by atoms with Crippen molar-refractivity contribution >= 4 is 46.5 Å². The lowest BCUT2D eigenvalue weighted by Crippen LogP contribution is -2.48. The van der Waals surface area contributed by atoms with Crippen LogP contribution >= 0.6 is 0 Å². The average molecular weight is 598 g/mol. The summed E-state index contributed by atoms with van der Waals surface area (Å²) < 4.78 is 38.4. The highest BCUT2D eigenvalue weighted by molar-refractivity contribution is 6.27. The summed E-state index contributed by atoms with van der Waals surface area (Å²) in [6.45, 7) is 3.84. The van der Waals surface area contributed by atoms with Crippen molar-refractivity contribution in [2.45, 2.75) is 12.7 Å². The summed E-state index contributed by atoms with van der Waals surface area (Å²) in [5, 5.41) is 32.1. The van der Waals surface area contributed by atoms with Gasteiger partial charge in [-0.15, -0.1) is 0 Å². The Balaban J connectivity index is 0.000000434. The average Bonchev–Trinajstić information content (AvgIpc) is 3.32. The molecule has 226 valence electrons. The number of anilines is 1. The molecule has 2 heterocycles. The molecule has 0 bridgehead atoms. The zero-order valence-electron chi connectivity index (χ0n) is 21.7. The van der Waals surface area contributed by atoms with Crippen LogP contribution in [0.2, 0.25) is 0 Å². The highest BCUT2D eigenvalue weighted by Crippen LogP contribution is 2.30. The van der Waals surface area contributed by atoms with Crippen molar-refractivity contribution < 1.29 is 57.6 Å². The van der Waals surface area contributed by atoms with Gasteiger partial charge in [-0.3, -0.25) is 14.6 Å². The summed E-state index contributed by atoms with van der Waals surface area (Å²) in [6.07, 6.45) is -4.43. The Labute approximate surface area is 235 Å². The first-order chi connectivity index (χ1) is 19.6. The van der Waals surface area contributed by atoms with Crippen molar-refractivity contribution in [2.24, 2.45) is 0 Å². The number of carbonyl (C=O) groups excluding carboxylic acids is 1. The van der Waals surface area contributed by atoms with Gasteiger partial charge in [-0.25, -0.2) is 24.2 Å². The van der Waals surface area contributed by atoms with E-state index in [9.17, 15) is 18.0 Å². The fourth-order valence-electron chi connectivity index (χ4n) is 3.57. The van der Waals surface area contributed by atoms with Crippen LogP contribution in [0, 0.1) is 0 Å². The number of piperazine rings is 1. The number of hydrogen-bond donors (Lipinski definition) is 6. The molecule has 4 rings (SSSR count). The van der Waals surface area contributed by atoms with Gasteiger partial charge in [0, 0.05) is 31.9 Å². The first-order valence-corrected chi connectivity index (χ1v) is 11.9. The first-order valence-electron chi connectivity index (χ1n) is 11.9. The second kappa shape index (κ2) is 15.1. The number of carbonyl (C=O) groups is 5. The van der Waals surface area contributed by atoms with E-state index in [1.807, 2.05) is 29.2 Å². The van der Waals surface area contributed by atoms with Gasteiger partial charge in [-0.2, -0.15) is 13.2 Å². The Morgan fingerprint density at radius 3 is 1.88 bits per heavy atom. The molecular weight excluding hydrogens is 571 g/mol. The molecule has 17 heteroatoms. The van der Waals surface area contributed by atoms with Crippen molar-refractivity contribution in [3.8, 4) is 0 Å². The Bertz CT molecular complexity index is 1340. The summed E-state index contributed by atoms with van der Waals surface area (Å²) in [5.41, 5.74) is 1.33. The maximum atomic E-state index is 12.8.